The Morgan fingerprint density at radius 1 is 1.07 bits per heavy atom. The highest BCUT2D eigenvalue weighted by Crippen LogP contribution is 2.28. The lowest BCUT2D eigenvalue weighted by Gasteiger charge is -2.04. The van der Waals surface area contributed by atoms with E-state index >= 15 is 0 Å². The number of carbonyl (C=O) groups excluding carboxylic acids is 1. The van der Waals surface area contributed by atoms with E-state index in [1.165, 1.54) is 18.2 Å². The van der Waals surface area contributed by atoms with E-state index in [0.717, 1.165) is 0 Å². The molecule has 8 heteroatoms. The van der Waals surface area contributed by atoms with E-state index in [4.69, 9.17) is 32.7 Å². The summed E-state index contributed by atoms with van der Waals surface area (Å²) < 4.78 is 5.64. The van der Waals surface area contributed by atoms with Crippen LogP contribution in [0.4, 0.5) is 5.69 Å². The summed E-state index contributed by atoms with van der Waals surface area (Å²) in [5, 5.41) is 21.5. The van der Waals surface area contributed by atoms with E-state index in [-0.39, 0.29) is 21.9 Å². The second kappa shape index (κ2) is 8.65. The number of anilines is 1. The normalized spacial score (nSPS) is 11.0. The largest absolute Gasteiger partial charge is 0.478 e. The van der Waals surface area contributed by atoms with Crippen molar-refractivity contribution in [2.75, 3.05) is 5.32 Å². The summed E-state index contributed by atoms with van der Waals surface area (Å²) in [5.41, 5.74) is 0.880. The quantitative estimate of drug-likeness (QED) is 0.414. The summed E-state index contributed by atoms with van der Waals surface area (Å²) in [6, 6.07) is 15.9. The molecule has 0 atom stereocenters. The zero-order valence-corrected chi connectivity index (χ0v) is 16.2. The lowest BCUT2D eigenvalue weighted by molar-refractivity contribution is -0.112. The van der Waals surface area contributed by atoms with Gasteiger partial charge in [-0.25, -0.2) is 4.79 Å². The predicted octanol–water partition coefficient (Wildman–Crippen LogP) is 5.50. The molecule has 1 aromatic heterocycles. The molecule has 0 aliphatic carbocycles. The third-order valence-corrected chi connectivity index (χ3v) is 4.43. The smallest absolute Gasteiger partial charge is 0.337 e. The molecule has 3 rings (SSSR count). The molecule has 6 nitrogen and oxygen atoms in total. The van der Waals surface area contributed by atoms with Gasteiger partial charge in [-0.05, 0) is 48.5 Å². The molecule has 0 unspecified atom stereocenters. The highest BCUT2D eigenvalue weighted by atomic mass is 35.5. The second-order valence-corrected chi connectivity index (χ2v) is 6.68. The van der Waals surface area contributed by atoms with Crippen molar-refractivity contribution in [3.8, 4) is 17.4 Å². The van der Waals surface area contributed by atoms with Gasteiger partial charge in [-0.1, -0.05) is 29.3 Å². The molecule has 0 spiro atoms. The third kappa shape index (κ3) is 4.85. The van der Waals surface area contributed by atoms with Gasteiger partial charge in [0.05, 0.1) is 10.6 Å². The fourth-order valence-electron chi connectivity index (χ4n) is 2.45. The average molecular weight is 427 g/mol. The molecule has 0 saturated heterocycles. The van der Waals surface area contributed by atoms with E-state index < -0.39 is 11.9 Å². The van der Waals surface area contributed by atoms with Crippen LogP contribution >= 0.6 is 23.2 Å². The molecule has 1 heterocycles. The first-order chi connectivity index (χ1) is 13.9. The van der Waals surface area contributed by atoms with Gasteiger partial charge >= 0.3 is 5.97 Å². The van der Waals surface area contributed by atoms with Crippen LogP contribution in [0.25, 0.3) is 17.4 Å². The van der Waals surface area contributed by atoms with Crippen LogP contribution in [0, 0.1) is 11.3 Å². The average Bonchev–Trinajstić information content (AvgIpc) is 3.16. The predicted molar refractivity (Wildman–Crippen MR) is 110 cm³/mol. The van der Waals surface area contributed by atoms with Crippen LogP contribution in [0.1, 0.15) is 16.1 Å². The number of furan rings is 1. The van der Waals surface area contributed by atoms with Crippen molar-refractivity contribution in [3.63, 3.8) is 0 Å². The van der Waals surface area contributed by atoms with Gasteiger partial charge in [-0.3, -0.25) is 4.79 Å². The maximum Gasteiger partial charge on any atom is 0.337 e. The molecule has 0 radical (unpaired) electrons. The van der Waals surface area contributed by atoms with Crippen molar-refractivity contribution < 1.29 is 19.1 Å². The Labute approximate surface area is 175 Å². The summed E-state index contributed by atoms with van der Waals surface area (Å²) >= 11 is 11.8. The number of carboxylic acids is 1. The lowest BCUT2D eigenvalue weighted by Crippen LogP contribution is -2.13. The Kier molecular flexibility index (Phi) is 6.03. The molecule has 1 amide bonds. The number of hydrogen-bond donors (Lipinski definition) is 2. The third-order valence-electron chi connectivity index (χ3n) is 3.86. The van der Waals surface area contributed by atoms with Crippen molar-refractivity contribution in [1.29, 1.82) is 5.26 Å². The fraction of sp³-hybridized carbons (Fsp3) is 0. The molecule has 144 valence electrons. The van der Waals surface area contributed by atoms with Gasteiger partial charge in [0.25, 0.3) is 5.91 Å². The van der Waals surface area contributed by atoms with Gasteiger partial charge in [-0.2, -0.15) is 5.26 Å². The zero-order chi connectivity index (χ0) is 21.0. The van der Waals surface area contributed by atoms with Crippen LogP contribution in [0.5, 0.6) is 0 Å². The molecule has 29 heavy (non-hydrogen) atoms. The highest BCUT2D eigenvalue weighted by Gasteiger charge is 2.13. The SMILES string of the molecule is N#C/C(=C\c1ccc(-c2ccc(C(=O)O)c(Cl)c2)o1)C(=O)Nc1ccc(Cl)cc1. The van der Waals surface area contributed by atoms with Crippen LogP contribution in [0.3, 0.4) is 0 Å². The first-order valence-electron chi connectivity index (χ1n) is 8.19. The molecule has 0 fully saturated rings. The molecule has 2 N–H and O–H groups in total. The number of aromatic carboxylic acids is 1. The van der Waals surface area contributed by atoms with Gasteiger partial charge in [0, 0.05) is 22.3 Å². The molecule has 0 bridgehead atoms. The summed E-state index contributed by atoms with van der Waals surface area (Å²) in [5.74, 6) is -1.04. The Hall–Kier alpha value is -3.53. The van der Waals surface area contributed by atoms with Gasteiger partial charge in [-0.15, -0.1) is 0 Å². The van der Waals surface area contributed by atoms with Crippen LogP contribution < -0.4 is 5.32 Å². The van der Waals surface area contributed by atoms with Crippen LogP contribution in [-0.4, -0.2) is 17.0 Å². The van der Waals surface area contributed by atoms with Crippen molar-refractivity contribution in [3.05, 3.63) is 81.5 Å². The first-order valence-corrected chi connectivity index (χ1v) is 8.95. The van der Waals surface area contributed by atoms with Crippen LogP contribution in [0.15, 0.2) is 64.6 Å². The Balaban J connectivity index is 1.81. The van der Waals surface area contributed by atoms with E-state index in [1.54, 1.807) is 42.5 Å². The molecular formula is C21H12Cl2N2O4. The number of nitriles is 1. The Morgan fingerprint density at radius 3 is 2.41 bits per heavy atom. The number of halogens is 2. The van der Waals surface area contributed by atoms with E-state index in [2.05, 4.69) is 5.32 Å². The minimum Gasteiger partial charge on any atom is -0.478 e. The van der Waals surface area contributed by atoms with Gasteiger partial charge < -0.3 is 14.8 Å². The molecule has 0 saturated carbocycles. The van der Waals surface area contributed by atoms with Crippen LogP contribution in [-0.2, 0) is 4.79 Å². The van der Waals surface area contributed by atoms with Gasteiger partial charge in [0.1, 0.15) is 23.2 Å². The molecule has 0 aliphatic heterocycles. The topological polar surface area (TPSA) is 103 Å². The Bertz CT molecular complexity index is 1160. The van der Waals surface area contributed by atoms with E-state index in [9.17, 15) is 14.9 Å². The molecule has 3 aromatic rings. The van der Waals surface area contributed by atoms with Gasteiger partial charge in [0.15, 0.2) is 0 Å². The number of carboxylic acid groups (broad SMARTS) is 1. The number of nitrogens with zero attached hydrogens (tertiary/aromatic N) is 1. The molecular weight excluding hydrogens is 415 g/mol. The minimum atomic E-state index is -1.13. The number of amides is 1. The minimum absolute atomic E-state index is 0.0206. The van der Waals surface area contributed by atoms with Crippen molar-refractivity contribution in [2.45, 2.75) is 0 Å². The lowest BCUT2D eigenvalue weighted by atomic mass is 10.1. The molecule has 0 aliphatic rings. The van der Waals surface area contributed by atoms with E-state index in [0.29, 0.717) is 22.0 Å². The van der Waals surface area contributed by atoms with Crippen LogP contribution in [0.2, 0.25) is 10.0 Å². The Morgan fingerprint density at radius 2 is 1.79 bits per heavy atom. The number of nitrogens with one attached hydrogen (secondary N) is 1. The monoisotopic (exact) mass is 426 g/mol. The summed E-state index contributed by atoms with van der Waals surface area (Å²) in [7, 11) is 0. The maximum absolute atomic E-state index is 12.3. The number of benzene rings is 2. The first kappa shape index (κ1) is 20.2. The molecule has 2 aromatic carbocycles. The standard InChI is InChI=1S/C21H12Cl2N2O4/c22-14-2-4-15(5-3-14)25-20(26)13(11-24)9-16-6-8-19(29-16)12-1-7-17(21(27)28)18(23)10-12/h1-10H,(H,25,26)(H,27,28)/b13-9+. The number of rotatable bonds is 5. The summed E-state index contributed by atoms with van der Waals surface area (Å²) in [6.45, 7) is 0. The number of hydrogen-bond acceptors (Lipinski definition) is 4. The van der Waals surface area contributed by atoms with Crippen molar-refractivity contribution in [1.82, 2.24) is 0 Å². The summed E-state index contributed by atoms with van der Waals surface area (Å²) in [4.78, 5) is 23.4. The van der Waals surface area contributed by atoms with Gasteiger partial charge in [0.2, 0.25) is 0 Å². The van der Waals surface area contributed by atoms with Crippen molar-refractivity contribution >= 4 is 46.8 Å². The summed E-state index contributed by atoms with van der Waals surface area (Å²) in [6.07, 6.45) is 1.31. The highest BCUT2D eigenvalue weighted by molar-refractivity contribution is 6.33. The maximum atomic E-state index is 12.3. The fourth-order valence-corrected chi connectivity index (χ4v) is 2.84. The van der Waals surface area contributed by atoms with Crippen molar-refractivity contribution in [2.24, 2.45) is 0 Å². The second-order valence-electron chi connectivity index (χ2n) is 5.83. The zero-order valence-electron chi connectivity index (χ0n) is 14.6. The van der Waals surface area contributed by atoms with E-state index in [1.807, 2.05) is 6.07 Å². The number of carbonyl (C=O) groups is 2.